The summed E-state index contributed by atoms with van der Waals surface area (Å²) in [6, 6.07) is 4.40. The minimum Gasteiger partial charge on any atom is -0.345 e. The molecule has 1 unspecified atom stereocenters. The Morgan fingerprint density at radius 1 is 1.56 bits per heavy atom. The lowest BCUT2D eigenvalue weighted by atomic mass is 10.2. The van der Waals surface area contributed by atoms with Crippen LogP contribution in [0.3, 0.4) is 0 Å². The monoisotopic (exact) mass is 235 g/mol. The number of hydrogen-bond donors (Lipinski definition) is 1. The van der Waals surface area contributed by atoms with Crippen LogP contribution in [-0.4, -0.2) is 15.6 Å². The molecule has 4 heteroatoms. The van der Waals surface area contributed by atoms with Gasteiger partial charge in [0.15, 0.2) is 0 Å². The molecule has 0 saturated heterocycles. The molecule has 0 fully saturated rings. The lowest BCUT2D eigenvalue weighted by Crippen LogP contribution is -2.20. The number of aromatic nitrogens is 2. The molecular weight excluding hydrogens is 218 g/mol. The fraction of sp³-hybridized carbons (Fsp3) is 0.417. The van der Waals surface area contributed by atoms with Gasteiger partial charge in [-0.1, -0.05) is 0 Å². The van der Waals surface area contributed by atoms with E-state index in [-0.39, 0.29) is 6.04 Å². The molecule has 86 valence electrons. The van der Waals surface area contributed by atoms with Crippen molar-refractivity contribution in [2.24, 2.45) is 5.73 Å². The summed E-state index contributed by atoms with van der Waals surface area (Å²) in [6.07, 6.45) is 3.01. The maximum atomic E-state index is 5.82. The molecule has 0 radical (unpaired) electrons. The van der Waals surface area contributed by atoms with Gasteiger partial charge >= 0.3 is 0 Å². The van der Waals surface area contributed by atoms with Gasteiger partial charge < -0.3 is 10.3 Å². The summed E-state index contributed by atoms with van der Waals surface area (Å²) in [5.74, 6) is 0. The SMILES string of the molecule is Cc1csc(Cn2cccc2CC(C)N)n1. The molecular formula is C12H17N3S. The third-order valence-electron chi connectivity index (χ3n) is 2.43. The molecule has 2 rings (SSSR count). The largest absolute Gasteiger partial charge is 0.345 e. The summed E-state index contributed by atoms with van der Waals surface area (Å²) < 4.78 is 2.22. The second kappa shape index (κ2) is 4.80. The van der Waals surface area contributed by atoms with E-state index >= 15 is 0 Å². The third-order valence-corrected chi connectivity index (χ3v) is 3.38. The first-order chi connectivity index (χ1) is 7.65. The maximum absolute atomic E-state index is 5.82. The first-order valence-electron chi connectivity index (χ1n) is 5.46. The third kappa shape index (κ3) is 2.71. The number of nitrogens with zero attached hydrogens (tertiary/aromatic N) is 2. The van der Waals surface area contributed by atoms with Crippen LogP contribution >= 0.6 is 11.3 Å². The Kier molecular flexibility index (Phi) is 3.41. The molecule has 0 saturated carbocycles. The van der Waals surface area contributed by atoms with Crippen molar-refractivity contribution in [2.75, 3.05) is 0 Å². The van der Waals surface area contributed by atoms with E-state index in [4.69, 9.17) is 5.73 Å². The summed E-state index contributed by atoms with van der Waals surface area (Å²) in [7, 11) is 0. The first-order valence-corrected chi connectivity index (χ1v) is 6.33. The van der Waals surface area contributed by atoms with Crippen LogP contribution in [0.25, 0.3) is 0 Å². The molecule has 0 spiro atoms. The van der Waals surface area contributed by atoms with Gasteiger partial charge in [-0.05, 0) is 26.0 Å². The van der Waals surface area contributed by atoms with E-state index < -0.39 is 0 Å². The topological polar surface area (TPSA) is 43.8 Å². The van der Waals surface area contributed by atoms with E-state index in [9.17, 15) is 0 Å². The fourth-order valence-electron chi connectivity index (χ4n) is 1.74. The predicted octanol–water partition coefficient (Wildman–Crippen LogP) is 2.19. The molecule has 16 heavy (non-hydrogen) atoms. The second-order valence-electron chi connectivity index (χ2n) is 4.19. The maximum Gasteiger partial charge on any atom is 0.113 e. The molecule has 2 N–H and O–H groups in total. The standard InChI is InChI=1S/C12H17N3S/c1-9(13)6-11-4-3-5-15(11)7-12-14-10(2)8-16-12/h3-5,8-9H,6-7,13H2,1-2H3. The van der Waals surface area contributed by atoms with Crippen molar-refractivity contribution in [3.05, 3.63) is 40.1 Å². The fourth-order valence-corrected chi connectivity index (χ4v) is 2.51. The Balaban J connectivity index is 2.12. The highest BCUT2D eigenvalue weighted by Gasteiger charge is 2.06. The summed E-state index contributed by atoms with van der Waals surface area (Å²) in [6.45, 7) is 4.91. The summed E-state index contributed by atoms with van der Waals surface area (Å²) in [5, 5.41) is 3.24. The second-order valence-corrected chi connectivity index (χ2v) is 5.13. The molecule has 0 aliphatic rings. The molecule has 0 bridgehead atoms. The van der Waals surface area contributed by atoms with Crippen LogP contribution in [0.1, 0.15) is 23.3 Å². The molecule has 0 aliphatic carbocycles. The number of rotatable bonds is 4. The van der Waals surface area contributed by atoms with Crippen LogP contribution in [0, 0.1) is 6.92 Å². The average molecular weight is 235 g/mol. The number of aryl methyl sites for hydroxylation is 1. The van der Waals surface area contributed by atoms with Crippen molar-refractivity contribution >= 4 is 11.3 Å². The molecule has 0 aliphatic heterocycles. The highest BCUT2D eigenvalue weighted by Crippen LogP contribution is 2.13. The number of hydrogen-bond acceptors (Lipinski definition) is 3. The zero-order chi connectivity index (χ0) is 11.5. The van der Waals surface area contributed by atoms with Gasteiger partial charge in [-0.15, -0.1) is 11.3 Å². The predicted molar refractivity (Wildman–Crippen MR) is 67.7 cm³/mol. The van der Waals surface area contributed by atoms with E-state index in [2.05, 4.69) is 33.3 Å². The van der Waals surface area contributed by atoms with E-state index in [1.807, 2.05) is 13.8 Å². The van der Waals surface area contributed by atoms with Gasteiger partial charge in [0.05, 0.1) is 6.54 Å². The van der Waals surface area contributed by atoms with Gasteiger partial charge in [-0.3, -0.25) is 0 Å². The van der Waals surface area contributed by atoms with Crippen molar-refractivity contribution in [1.82, 2.24) is 9.55 Å². The molecule has 0 aromatic carbocycles. The lowest BCUT2D eigenvalue weighted by molar-refractivity contribution is 0.664. The lowest BCUT2D eigenvalue weighted by Gasteiger charge is -2.09. The Morgan fingerprint density at radius 3 is 3.00 bits per heavy atom. The van der Waals surface area contributed by atoms with Gasteiger partial charge in [0, 0.05) is 35.4 Å². The van der Waals surface area contributed by atoms with Crippen LogP contribution in [0.2, 0.25) is 0 Å². The molecule has 3 nitrogen and oxygen atoms in total. The Bertz CT molecular complexity index is 456. The summed E-state index contributed by atoms with van der Waals surface area (Å²) in [5.41, 5.74) is 8.20. The minimum absolute atomic E-state index is 0.201. The Labute approximate surface area is 99.9 Å². The van der Waals surface area contributed by atoms with Crippen LogP contribution in [0.15, 0.2) is 23.7 Å². The first kappa shape index (κ1) is 11.4. The molecule has 2 aromatic heterocycles. The van der Waals surface area contributed by atoms with Crippen LogP contribution in [0.5, 0.6) is 0 Å². The van der Waals surface area contributed by atoms with Crippen molar-refractivity contribution in [3.63, 3.8) is 0 Å². The zero-order valence-electron chi connectivity index (χ0n) is 9.68. The van der Waals surface area contributed by atoms with Crippen molar-refractivity contribution in [2.45, 2.75) is 32.9 Å². The van der Waals surface area contributed by atoms with Crippen LogP contribution in [0.4, 0.5) is 0 Å². The van der Waals surface area contributed by atoms with Gasteiger partial charge in [0.2, 0.25) is 0 Å². The smallest absolute Gasteiger partial charge is 0.113 e. The van der Waals surface area contributed by atoms with E-state index in [1.54, 1.807) is 11.3 Å². The minimum atomic E-state index is 0.201. The van der Waals surface area contributed by atoms with Gasteiger partial charge in [0.1, 0.15) is 5.01 Å². The van der Waals surface area contributed by atoms with Gasteiger partial charge in [0.25, 0.3) is 0 Å². The van der Waals surface area contributed by atoms with Crippen molar-refractivity contribution in [1.29, 1.82) is 0 Å². The van der Waals surface area contributed by atoms with Crippen LogP contribution in [-0.2, 0) is 13.0 Å². The molecule has 2 heterocycles. The van der Waals surface area contributed by atoms with E-state index in [0.717, 1.165) is 23.7 Å². The van der Waals surface area contributed by atoms with Crippen molar-refractivity contribution < 1.29 is 0 Å². The Morgan fingerprint density at radius 2 is 2.38 bits per heavy atom. The number of nitrogens with two attached hydrogens (primary N) is 1. The quantitative estimate of drug-likeness (QED) is 0.883. The molecule has 0 amide bonds. The van der Waals surface area contributed by atoms with Gasteiger partial charge in [-0.2, -0.15) is 0 Å². The summed E-state index contributed by atoms with van der Waals surface area (Å²) in [4.78, 5) is 4.47. The normalized spacial score (nSPS) is 12.9. The number of thiazole rings is 1. The summed E-state index contributed by atoms with van der Waals surface area (Å²) >= 11 is 1.71. The highest BCUT2D eigenvalue weighted by molar-refractivity contribution is 7.09. The van der Waals surface area contributed by atoms with Gasteiger partial charge in [-0.25, -0.2) is 4.98 Å². The highest BCUT2D eigenvalue weighted by atomic mass is 32.1. The average Bonchev–Trinajstić information content (AvgIpc) is 2.77. The Hall–Kier alpha value is -1.13. The van der Waals surface area contributed by atoms with Crippen molar-refractivity contribution in [3.8, 4) is 0 Å². The van der Waals surface area contributed by atoms with E-state index in [1.165, 1.54) is 5.69 Å². The zero-order valence-corrected chi connectivity index (χ0v) is 10.5. The molecule has 2 aromatic rings. The molecule has 1 atom stereocenters. The van der Waals surface area contributed by atoms with E-state index in [0.29, 0.717) is 0 Å². The van der Waals surface area contributed by atoms with Crippen LogP contribution < -0.4 is 5.73 Å².